The van der Waals surface area contributed by atoms with Crippen LogP contribution in [0.1, 0.15) is 45.9 Å². The summed E-state index contributed by atoms with van der Waals surface area (Å²) in [6, 6.07) is 15.3. The van der Waals surface area contributed by atoms with Crippen molar-refractivity contribution in [1.82, 2.24) is 20.0 Å². The van der Waals surface area contributed by atoms with Crippen LogP contribution in [-0.4, -0.2) is 78.9 Å². The van der Waals surface area contributed by atoms with Gasteiger partial charge in [-0.2, -0.15) is 0 Å². The molecule has 34 heavy (non-hydrogen) atoms. The number of benzene rings is 2. The summed E-state index contributed by atoms with van der Waals surface area (Å²) < 4.78 is 0. The normalized spacial score (nSPS) is 20.2. The smallest absolute Gasteiger partial charge is 0.252 e. The van der Waals surface area contributed by atoms with Crippen molar-refractivity contribution in [2.75, 3.05) is 46.3 Å². The van der Waals surface area contributed by atoms with Gasteiger partial charge in [0.25, 0.3) is 5.91 Å². The lowest BCUT2D eigenvalue weighted by Crippen LogP contribution is -2.55. The van der Waals surface area contributed by atoms with Gasteiger partial charge in [0.15, 0.2) is 0 Å². The molecule has 0 bridgehead atoms. The van der Waals surface area contributed by atoms with Gasteiger partial charge in [-0.25, -0.2) is 0 Å². The zero-order chi connectivity index (χ0) is 23.5. The van der Waals surface area contributed by atoms with Crippen LogP contribution in [0.4, 0.5) is 0 Å². The Kier molecular flexibility index (Phi) is 6.79. The fourth-order valence-corrected chi connectivity index (χ4v) is 5.40. The van der Waals surface area contributed by atoms with Gasteiger partial charge in [0.1, 0.15) is 6.04 Å². The average Bonchev–Trinajstić information content (AvgIpc) is 3.36. The molecule has 2 amide bonds. The maximum Gasteiger partial charge on any atom is 0.252 e. The minimum atomic E-state index is -0.685. The number of amides is 2. The van der Waals surface area contributed by atoms with E-state index in [0.29, 0.717) is 24.7 Å². The highest BCUT2D eigenvalue weighted by molar-refractivity contribution is 5.98. The lowest BCUT2D eigenvalue weighted by molar-refractivity contribution is -0.135. The molecule has 1 N–H and O–H groups in total. The van der Waals surface area contributed by atoms with Crippen molar-refractivity contribution in [1.29, 1.82) is 0 Å². The molecule has 2 aromatic rings. The first kappa shape index (κ1) is 22.8. The van der Waals surface area contributed by atoms with Gasteiger partial charge in [-0.3, -0.25) is 14.5 Å². The molecule has 0 unspecified atom stereocenters. The molecular formula is C28H34N4O2. The van der Waals surface area contributed by atoms with Gasteiger partial charge < -0.3 is 15.1 Å². The van der Waals surface area contributed by atoms with E-state index in [-0.39, 0.29) is 11.8 Å². The second-order valence-electron chi connectivity index (χ2n) is 9.73. The van der Waals surface area contributed by atoms with Crippen LogP contribution in [-0.2, 0) is 11.2 Å². The number of nitrogens with one attached hydrogen (secondary N) is 1. The molecule has 1 atom stereocenters. The van der Waals surface area contributed by atoms with E-state index in [9.17, 15) is 9.59 Å². The van der Waals surface area contributed by atoms with Crippen LogP contribution >= 0.6 is 0 Å². The highest BCUT2D eigenvalue weighted by Gasteiger charge is 2.32. The van der Waals surface area contributed by atoms with E-state index in [1.807, 2.05) is 53.4 Å². The lowest BCUT2D eigenvalue weighted by atomic mass is 10.0. The van der Waals surface area contributed by atoms with E-state index in [4.69, 9.17) is 0 Å². The monoisotopic (exact) mass is 458 g/mol. The molecule has 1 aliphatic carbocycles. The van der Waals surface area contributed by atoms with E-state index in [1.165, 1.54) is 12.8 Å². The summed E-state index contributed by atoms with van der Waals surface area (Å²) >= 11 is 0. The van der Waals surface area contributed by atoms with Crippen molar-refractivity contribution < 1.29 is 9.59 Å². The Morgan fingerprint density at radius 3 is 2.41 bits per heavy atom. The Labute approximate surface area is 202 Å². The third-order valence-electron chi connectivity index (χ3n) is 7.53. The van der Waals surface area contributed by atoms with Gasteiger partial charge in [0.2, 0.25) is 5.91 Å². The molecule has 0 saturated carbocycles. The standard InChI is InChI=1S/C28H34N4O2/c1-30-14-12-25(13-15-30)31-16-18-32(19-17-31)28(34)26(22-6-3-2-4-7-22)29-27(33)24-11-10-21-8-5-9-23(21)20-24/h2-8,10-11,20,25-26H,9,12-19H2,1H3,(H,29,33)/t26-/m1/s1. The third-order valence-corrected chi connectivity index (χ3v) is 7.53. The van der Waals surface area contributed by atoms with E-state index in [1.54, 1.807) is 0 Å². The molecule has 0 spiro atoms. The summed E-state index contributed by atoms with van der Waals surface area (Å²) in [7, 11) is 2.19. The number of carbonyl (C=O) groups is 2. The summed E-state index contributed by atoms with van der Waals surface area (Å²) in [4.78, 5) is 33.7. The average molecular weight is 459 g/mol. The second-order valence-corrected chi connectivity index (χ2v) is 9.73. The predicted octanol–water partition coefficient (Wildman–Crippen LogP) is 2.97. The Hall–Kier alpha value is -2.96. The van der Waals surface area contributed by atoms with Crippen molar-refractivity contribution in [2.45, 2.75) is 31.3 Å². The molecule has 178 valence electrons. The maximum absolute atomic E-state index is 13.7. The molecule has 5 rings (SSSR count). The molecule has 2 aromatic carbocycles. The van der Waals surface area contributed by atoms with Gasteiger partial charge in [-0.05, 0) is 68.2 Å². The Bertz CT molecular complexity index is 1050. The minimum absolute atomic E-state index is 0.0228. The number of carbonyl (C=O) groups excluding carboxylic acids is 2. The number of fused-ring (bicyclic) bond motifs is 1. The molecule has 3 aliphatic rings. The quantitative estimate of drug-likeness (QED) is 0.749. The summed E-state index contributed by atoms with van der Waals surface area (Å²) in [6.45, 7) is 5.49. The first-order chi connectivity index (χ1) is 16.6. The molecule has 0 aromatic heterocycles. The van der Waals surface area contributed by atoms with Gasteiger partial charge in [-0.1, -0.05) is 48.6 Å². The van der Waals surface area contributed by atoms with Crippen LogP contribution in [0.25, 0.3) is 6.08 Å². The first-order valence-corrected chi connectivity index (χ1v) is 12.4. The second kappa shape index (κ2) is 10.1. The number of nitrogens with zero attached hydrogens (tertiary/aromatic N) is 3. The molecule has 2 heterocycles. The van der Waals surface area contributed by atoms with E-state index < -0.39 is 6.04 Å². The Morgan fingerprint density at radius 1 is 0.941 bits per heavy atom. The topological polar surface area (TPSA) is 55.9 Å². The number of likely N-dealkylation sites (tertiary alicyclic amines) is 1. The fraction of sp³-hybridized carbons (Fsp3) is 0.429. The summed E-state index contributed by atoms with van der Waals surface area (Å²) in [6.07, 6.45) is 7.43. The van der Waals surface area contributed by atoms with Crippen molar-refractivity contribution in [3.63, 3.8) is 0 Å². The molecule has 2 fully saturated rings. The summed E-state index contributed by atoms with van der Waals surface area (Å²) in [5, 5.41) is 3.05. The van der Waals surface area contributed by atoms with Gasteiger partial charge in [-0.15, -0.1) is 0 Å². The highest BCUT2D eigenvalue weighted by atomic mass is 16.2. The zero-order valence-electron chi connectivity index (χ0n) is 20.0. The number of hydrogen-bond acceptors (Lipinski definition) is 4. The lowest BCUT2D eigenvalue weighted by Gasteiger charge is -2.42. The maximum atomic E-state index is 13.7. The number of piperidine rings is 1. The number of hydrogen-bond donors (Lipinski definition) is 1. The van der Waals surface area contributed by atoms with Gasteiger partial charge in [0, 0.05) is 37.8 Å². The largest absolute Gasteiger partial charge is 0.338 e. The van der Waals surface area contributed by atoms with Crippen molar-refractivity contribution >= 4 is 17.9 Å². The van der Waals surface area contributed by atoms with Crippen molar-refractivity contribution in [3.8, 4) is 0 Å². The molecule has 0 radical (unpaired) electrons. The molecule has 6 nitrogen and oxygen atoms in total. The van der Waals surface area contributed by atoms with Crippen molar-refractivity contribution in [3.05, 3.63) is 76.9 Å². The Balaban J connectivity index is 1.27. The molecule has 2 aliphatic heterocycles. The number of piperazine rings is 1. The SMILES string of the molecule is CN1CCC(N2CCN(C(=O)[C@H](NC(=O)c3ccc4c(c3)CC=C4)c3ccccc3)CC2)CC1. The summed E-state index contributed by atoms with van der Waals surface area (Å²) in [5.74, 6) is -0.229. The zero-order valence-corrected chi connectivity index (χ0v) is 20.0. The van der Waals surface area contributed by atoms with Crippen LogP contribution < -0.4 is 5.32 Å². The van der Waals surface area contributed by atoms with Crippen molar-refractivity contribution in [2.24, 2.45) is 0 Å². The fourth-order valence-electron chi connectivity index (χ4n) is 5.40. The molecular weight excluding hydrogens is 424 g/mol. The summed E-state index contributed by atoms with van der Waals surface area (Å²) in [5.41, 5.74) is 3.74. The highest BCUT2D eigenvalue weighted by Crippen LogP contribution is 2.23. The first-order valence-electron chi connectivity index (χ1n) is 12.4. The number of rotatable bonds is 5. The van der Waals surface area contributed by atoms with E-state index in [2.05, 4.69) is 34.3 Å². The van der Waals surface area contributed by atoms with Gasteiger partial charge in [0.05, 0.1) is 0 Å². The van der Waals surface area contributed by atoms with Crippen LogP contribution in [0.5, 0.6) is 0 Å². The van der Waals surface area contributed by atoms with Crippen LogP contribution in [0.2, 0.25) is 0 Å². The van der Waals surface area contributed by atoms with E-state index >= 15 is 0 Å². The minimum Gasteiger partial charge on any atom is -0.338 e. The van der Waals surface area contributed by atoms with Crippen LogP contribution in [0, 0.1) is 0 Å². The predicted molar refractivity (Wildman–Crippen MR) is 135 cm³/mol. The third kappa shape index (κ3) is 4.93. The number of allylic oxidation sites excluding steroid dienone is 1. The van der Waals surface area contributed by atoms with Crippen LogP contribution in [0.3, 0.4) is 0 Å². The van der Waals surface area contributed by atoms with Crippen LogP contribution in [0.15, 0.2) is 54.6 Å². The molecule has 6 heteroatoms. The Morgan fingerprint density at radius 2 is 1.68 bits per heavy atom. The van der Waals surface area contributed by atoms with E-state index in [0.717, 1.165) is 49.3 Å². The van der Waals surface area contributed by atoms with Gasteiger partial charge >= 0.3 is 0 Å². The molecule has 2 saturated heterocycles.